The van der Waals surface area contributed by atoms with Gasteiger partial charge in [0, 0.05) is 4.47 Å². The van der Waals surface area contributed by atoms with Gasteiger partial charge in [-0.05, 0) is 39.9 Å². The summed E-state index contributed by atoms with van der Waals surface area (Å²) in [6.07, 6.45) is 0. The fraction of sp³-hybridized carbons (Fsp3) is 0.125. The average Bonchev–Trinajstić information content (AvgIpc) is 2.33. The maximum Gasteiger partial charge on any atom is 0.199 e. The number of carbonyl (C=O) groups is 1. The fourth-order valence-corrected chi connectivity index (χ4v) is 2.22. The lowest BCUT2D eigenvalue weighted by Gasteiger charge is -1.94. The van der Waals surface area contributed by atoms with E-state index < -0.39 is 0 Å². The van der Waals surface area contributed by atoms with Crippen molar-refractivity contribution in [2.24, 2.45) is 0 Å². The van der Waals surface area contributed by atoms with E-state index in [9.17, 15) is 4.79 Å². The zero-order valence-corrected chi connectivity index (χ0v) is 8.46. The number of allylic oxidation sites excluding steroid dienone is 1. The Morgan fingerprint density at radius 2 is 2.36 bits per heavy atom. The SMILES string of the molecule is C=C(C)C(=O)c1sccc1Br. The van der Waals surface area contributed by atoms with Gasteiger partial charge in [0.2, 0.25) is 0 Å². The van der Waals surface area contributed by atoms with Crippen molar-refractivity contribution in [2.45, 2.75) is 6.92 Å². The molecule has 0 radical (unpaired) electrons. The molecule has 0 unspecified atom stereocenters. The van der Waals surface area contributed by atoms with E-state index in [4.69, 9.17) is 0 Å². The molecule has 3 heteroatoms. The van der Waals surface area contributed by atoms with Gasteiger partial charge in [-0.2, -0.15) is 0 Å². The average molecular weight is 231 g/mol. The van der Waals surface area contributed by atoms with Gasteiger partial charge in [0.1, 0.15) is 0 Å². The zero-order chi connectivity index (χ0) is 8.43. The topological polar surface area (TPSA) is 17.1 Å². The summed E-state index contributed by atoms with van der Waals surface area (Å²) in [5.74, 6) is 0.0203. The summed E-state index contributed by atoms with van der Waals surface area (Å²) < 4.78 is 0.857. The van der Waals surface area contributed by atoms with E-state index >= 15 is 0 Å². The van der Waals surface area contributed by atoms with Crippen LogP contribution in [0.25, 0.3) is 0 Å². The van der Waals surface area contributed by atoms with Gasteiger partial charge in [0.15, 0.2) is 5.78 Å². The Bertz CT molecular complexity index is 301. The van der Waals surface area contributed by atoms with Gasteiger partial charge in [-0.3, -0.25) is 4.79 Å². The maximum absolute atomic E-state index is 11.3. The monoisotopic (exact) mass is 230 g/mol. The summed E-state index contributed by atoms with van der Waals surface area (Å²) in [7, 11) is 0. The lowest BCUT2D eigenvalue weighted by atomic mass is 10.2. The van der Waals surface area contributed by atoms with Gasteiger partial charge >= 0.3 is 0 Å². The zero-order valence-electron chi connectivity index (χ0n) is 6.06. The lowest BCUT2D eigenvalue weighted by Crippen LogP contribution is -1.96. The van der Waals surface area contributed by atoms with Crippen molar-refractivity contribution in [3.63, 3.8) is 0 Å². The summed E-state index contributed by atoms with van der Waals surface area (Å²) in [5.41, 5.74) is 0.577. The van der Waals surface area contributed by atoms with Gasteiger partial charge in [-0.15, -0.1) is 11.3 Å². The number of hydrogen-bond acceptors (Lipinski definition) is 2. The lowest BCUT2D eigenvalue weighted by molar-refractivity contribution is 0.103. The highest BCUT2D eigenvalue weighted by Gasteiger charge is 2.10. The van der Waals surface area contributed by atoms with E-state index in [1.807, 2.05) is 11.4 Å². The summed E-state index contributed by atoms with van der Waals surface area (Å²) in [6, 6.07) is 1.86. The molecule has 1 aromatic heterocycles. The highest BCUT2D eigenvalue weighted by Crippen LogP contribution is 2.24. The standard InChI is InChI=1S/C8H7BrOS/c1-5(2)7(10)8-6(9)3-4-11-8/h3-4H,1H2,2H3. The first kappa shape index (κ1) is 8.68. The molecule has 0 saturated carbocycles. The van der Waals surface area contributed by atoms with Crippen LogP contribution in [0.1, 0.15) is 16.6 Å². The molecule has 11 heavy (non-hydrogen) atoms. The van der Waals surface area contributed by atoms with Crippen molar-refractivity contribution in [1.82, 2.24) is 0 Å². The minimum absolute atomic E-state index is 0.0203. The summed E-state index contributed by atoms with van der Waals surface area (Å²) in [5, 5.41) is 1.88. The second kappa shape index (κ2) is 3.32. The molecule has 0 saturated heterocycles. The number of halogens is 1. The largest absolute Gasteiger partial charge is 0.288 e. The Labute approximate surface area is 77.9 Å². The molecular weight excluding hydrogens is 224 g/mol. The number of ketones is 1. The highest BCUT2D eigenvalue weighted by molar-refractivity contribution is 9.10. The van der Waals surface area contributed by atoms with Crippen molar-refractivity contribution in [1.29, 1.82) is 0 Å². The van der Waals surface area contributed by atoms with Gasteiger partial charge in [0.25, 0.3) is 0 Å². The molecule has 0 atom stereocenters. The van der Waals surface area contributed by atoms with Crippen LogP contribution in [-0.2, 0) is 0 Å². The van der Waals surface area contributed by atoms with Crippen LogP contribution >= 0.6 is 27.3 Å². The molecule has 0 amide bonds. The van der Waals surface area contributed by atoms with Crippen LogP contribution in [0.15, 0.2) is 28.1 Å². The molecule has 58 valence electrons. The Hall–Kier alpha value is -0.410. The van der Waals surface area contributed by atoms with Gasteiger partial charge in [-0.25, -0.2) is 0 Å². The molecule has 0 aliphatic heterocycles. The minimum atomic E-state index is 0.0203. The molecule has 0 aliphatic carbocycles. The molecule has 1 heterocycles. The first-order valence-corrected chi connectivity index (χ1v) is 4.73. The number of rotatable bonds is 2. The number of carbonyl (C=O) groups excluding carboxylic acids is 1. The molecule has 0 spiro atoms. The van der Waals surface area contributed by atoms with E-state index in [-0.39, 0.29) is 5.78 Å². The second-order valence-electron chi connectivity index (χ2n) is 2.21. The van der Waals surface area contributed by atoms with E-state index in [1.165, 1.54) is 11.3 Å². The molecule has 0 fully saturated rings. The van der Waals surface area contributed by atoms with Crippen molar-refractivity contribution < 1.29 is 4.79 Å². The molecular formula is C8H7BrOS. The molecule has 0 aliphatic rings. The highest BCUT2D eigenvalue weighted by atomic mass is 79.9. The molecule has 1 rings (SSSR count). The molecule has 0 aromatic carbocycles. The fourth-order valence-electron chi connectivity index (χ4n) is 0.650. The van der Waals surface area contributed by atoms with Crippen LogP contribution < -0.4 is 0 Å². The van der Waals surface area contributed by atoms with Gasteiger partial charge < -0.3 is 0 Å². The van der Waals surface area contributed by atoms with Crippen LogP contribution in [0.4, 0.5) is 0 Å². The summed E-state index contributed by atoms with van der Waals surface area (Å²) in [6.45, 7) is 5.31. The molecule has 0 bridgehead atoms. The normalized spacial score (nSPS) is 9.64. The van der Waals surface area contributed by atoms with E-state index in [1.54, 1.807) is 6.92 Å². The van der Waals surface area contributed by atoms with Crippen LogP contribution in [0.5, 0.6) is 0 Å². The number of Topliss-reactive ketones (excluding diaryl/α,β-unsaturated/α-hetero) is 1. The Balaban J connectivity index is 3.02. The predicted octanol–water partition coefficient (Wildman–Crippen LogP) is 3.27. The Morgan fingerprint density at radius 3 is 2.73 bits per heavy atom. The van der Waals surface area contributed by atoms with Crippen LogP contribution in [0.3, 0.4) is 0 Å². The van der Waals surface area contributed by atoms with Crippen molar-refractivity contribution in [3.8, 4) is 0 Å². The maximum atomic E-state index is 11.3. The Morgan fingerprint density at radius 1 is 1.73 bits per heavy atom. The van der Waals surface area contributed by atoms with Crippen molar-refractivity contribution in [3.05, 3.63) is 32.9 Å². The smallest absolute Gasteiger partial charge is 0.199 e. The van der Waals surface area contributed by atoms with E-state index in [2.05, 4.69) is 22.5 Å². The third-order valence-electron chi connectivity index (χ3n) is 1.21. The van der Waals surface area contributed by atoms with Gasteiger partial charge in [-0.1, -0.05) is 6.58 Å². The minimum Gasteiger partial charge on any atom is -0.288 e. The second-order valence-corrected chi connectivity index (χ2v) is 3.98. The third kappa shape index (κ3) is 1.79. The quantitative estimate of drug-likeness (QED) is 0.563. The van der Waals surface area contributed by atoms with E-state index in [0.29, 0.717) is 5.57 Å². The van der Waals surface area contributed by atoms with E-state index in [0.717, 1.165) is 9.35 Å². The molecule has 1 aromatic rings. The van der Waals surface area contributed by atoms with Crippen molar-refractivity contribution in [2.75, 3.05) is 0 Å². The number of hydrogen-bond donors (Lipinski definition) is 0. The van der Waals surface area contributed by atoms with Crippen molar-refractivity contribution >= 4 is 33.0 Å². The Kier molecular flexibility index (Phi) is 2.62. The molecule has 1 nitrogen and oxygen atoms in total. The van der Waals surface area contributed by atoms with Crippen LogP contribution in [0, 0.1) is 0 Å². The van der Waals surface area contributed by atoms with Gasteiger partial charge in [0.05, 0.1) is 4.88 Å². The van der Waals surface area contributed by atoms with Crippen LogP contribution in [-0.4, -0.2) is 5.78 Å². The third-order valence-corrected chi connectivity index (χ3v) is 3.05. The molecule has 0 N–H and O–H groups in total. The first-order valence-electron chi connectivity index (χ1n) is 3.06. The number of thiophene rings is 1. The summed E-state index contributed by atoms with van der Waals surface area (Å²) in [4.78, 5) is 12.0. The predicted molar refractivity (Wildman–Crippen MR) is 51.2 cm³/mol. The summed E-state index contributed by atoms with van der Waals surface area (Å²) >= 11 is 4.71. The first-order chi connectivity index (χ1) is 5.13. The van der Waals surface area contributed by atoms with Crippen LogP contribution in [0.2, 0.25) is 0 Å².